The number of methoxy groups -OCH3 is 1. The van der Waals surface area contributed by atoms with Crippen molar-refractivity contribution >= 4 is 21.9 Å². The van der Waals surface area contributed by atoms with Gasteiger partial charge in [0.15, 0.2) is 5.69 Å². The zero-order valence-corrected chi connectivity index (χ0v) is 9.33. The number of esters is 1. The largest absolute Gasteiger partial charge is 0.464 e. The predicted octanol–water partition coefficient (Wildman–Crippen LogP) is 2.01. The number of rotatable bonds is 2. The smallest absolute Gasteiger partial charge is 0.358 e. The summed E-state index contributed by atoms with van der Waals surface area (Å²) in [6.07, 6.45) is 0. The molecule has 0 aromatic carbocycles. The maximum atomic E-state index is 11.1. The molecule has 1 heterocycles. The van der Waals surface area contributed by atoms with Crippen LogP contribution in [0.3, 0.4) is 0 Å². The molecule has 1 aromatic heterocycles. The van der Waals surface area contributed by atoms with Gasteiger partial charge in [0.25, 0.3) is 0 Å². The van der Waals surface area contributed by atoms with E-state index in [4.69, 9.17) is 0 Å². The van der Waals surface area contributed by atoms with E-state index in [-0.39, 0.29) is 6.04 Å². The minimum Gasteiger partial charge on any atom is -0.464 e. The highest BCUT2D eigenvalue weighted by Gasteiger charge is 2.14. The van der Waals surface area contributed by atoms with Crippen molar-refractivity contribution in [3.63, 3.8) is 0 Å². The zero-order chi connectivity index (χ0) is 10.0. The van der Waals surface area contributed by atoms with Gasteiger partial charge in [-0.2, -0.15) is 5.10 Å². The first kappa shape index (κ1) is 10.2. The van der Waals surface area contributed by atoms with E-state index in [9.17, 15) is 4.79 Å². The lowest BCUT2D eigenvalue weighted by molar-refractivity contribution is 0.0593. The van der Waals surface area contributed by atoms with Gasteiger partial charge in [-0.1, -0.05) is 0 Å². The van der Waals surface area contributed by atoms with Crippen molar-refractivity contribution in [2.24, 2.45) is 0 Å². The van der Waals surface area contributed by atoms with Crippen molar-refractivity contribution < 1.29 is 9.53 Å². The standard InChI is InChI=1S/C8H11BrN2O2/c1-5(2)11-7(9)4-6(10-11)8(12)13-3/h4-5H,1-3H3. The Morgan fingerprint density at radius 3 is 2.69 bits per heavy atom. The molecule has 0 aliphatic carbocycles. The Hall–Kier alpha value is -0.840. The van der Waals surface area contributed by atoms with E-state index in [0.717, 1.165) is 4.60 Å². The average molecular weight is 247 g/mol. The van der Waals surface area contributed by atoms with Crippen molar-refractivity contribution in [3.8, 4) is 0 Å². The molecule has 0 radical (unpaired) electrons. The van der Waals surface area contributed by atoms with Crippen LogP contribution in [0.25, 0.3) is 0 Å². The molecule has 4 nitrogen and oxygen atoms in total. The van der Waals surface area contributed by atoms with Crippen molar-refractivity contribution in [3.05, 3.63) is 16.4 Å². The van der Waals surface area contributed by atoms with Gasteiger partial charge in [-0.3, -0.25) is 4.68 Å². The van der Waals surface area contributed by atoms with E-state index in [1.807, 2.05) is 13.8 Å². The fourth-order valence-electron chi connectivity index (χ4n) is 0.938. The SMILES string of the molecule is COC(=O)c1cc(Br)n(C(C)C)n1. The lowest BCUT2D eigenvalue weighted by Crippen LogP contribution is -2.07. The van der Waals surface area contributed by atoms with Gasteiger partial charge < -0.3 is 4.74 Å². The second-order valence-electron chi connectivity index (χ2n) is 2.88. The molecule has 0 saturated carbocycles. The number of ether oxygens (including phenoxy) is 1. The summed E-state index contributed by atoms with van der Waals surface area (Å²) in [5.41, 5.74) is 0.322. The van der Waals surface area contributed by atoms with Crippen molar-refractivity contribution in [1.82, 2.24) is 9.78 Å². The summed E-state index contributed by atoms with van der Waals surface area (Å²) in [7, 11) is 1.34. The van der Waals surface area contributed by atoms with E-state index in [0.29, 0.717) is 5.69 Å². The Morgan fingerprint density at radius 1 is 1.69 bits per heavy atom. The number of hydrogen-bond donors (Lipinski definition) is 0. The molecule has 0 aliphatic rings. The van der Waals surface area contributed by atoms with Gasteiger partial charge in [-0.05, 0) is 29.8 Å². The Labute approximate surface area is 85.0 Å². The molecule has 0 aliphatic heterocycles. The Balaban J connectivity index is 3.02. The van der Waals surface area contributed by atoms with E-state index in [1.165, 1.54) is 7.11 Å². The lowest BCUT2D eigenvalue weighted by atomic mass is 10.4. The van der Waals surface area contributed by atoms with Gasteiger partial charge in [-0.15, -0.1) is 0 Å². The summed E-state index contributed by atoms with van der Waals surface area (Å²) in [4.78, 5) is 11.1. The van der Waals surface area contributed by atoms with Gasteiger partial charge in [0.2, 0.25) is 0 Å². The summed E-state index contributed by atoms with van der Waals surface area (Å²) in [5, 5.41) is 4.08. The molecule has 0 amide bonds. The molecule has 13 heavy (non-hydrogen) atoms. The molecule has 72 valence electrons. The first-order valence-corrected chi connectivity index (χ1v) is 4.69. The topological polar surface area (TPSA) is 44.1 Å². The quantitative estimate of drug-likeness (QED) is 0.751. The van der Waals surface area contributed by atoms with Crippen LogP contribution >= 0.6 is 15.9 Å². The number of hydrogen-bond acceptors (Lipinski definition) is 3. The highest BCUT2D eigenvalue weighted by atomic mass is 79.9. The molecule has 0 saturated heterocycles. The minimum atomic E-state index is -0.417. The predicted molar refractivity (Wildman–Crippen MR) is 51.7 cm³/mol. The number of carbonyl (C=O) groups is 1. The number of aromatic nitrogens is 2. The maximum absolute atomic E-state index is 11.1. The third-order valence-corrected chi connectivity index (χ3v) is 2.17. The highest BCUT2D eigenvalue weighted by molar-refractivity contribution is 9.10. The van der Waals surface area contributed by atoms with E-state index in [1.54, 1.807) is 10.7 Å². The van der Waals surface area contributed by atoms with Crippen LogP contribution in [0, 0.1) is 0 Å². The molecule has 0 spiro atoms. The molecule has 5 heteroatoms. The monoisotopic (exact) mass is 246 g/mol. The van der Waals surface area contributed by atoms with Gasteiger partial charge in [0, 0.05) is 12.1 Å². The van der Waals surface area contributed by atoms with Crippen LogP contribution in [0.2, 0.25) is 0 Å². The second kappa shape index (κ2) is 3.91. The van der Waals surface area contributed by atoms with E-state index in [2.05, 4.69) is 25.8 Å². The third-order valence-electron chi connectivity index (χ3n) is 1.57. The minimum absolute atomic E-state index is 0.216. The van der Waals surface area contributed by atoms with Crippen LogP contribution in [-0.4, -0.2) is 22.9 Å². The fraction of sp³-hybridized carbons (Fsp3) is 0.500. The van der Waals surface area contributed by atoms with Gasteiger partial charge in [-0.25, -0.2) is 4.79 Å². The van der Waals surface area contributed by atoms with Crippen molar-refractivity contribution in [2.75, 3.05) is 7.11 Å². The highest BCUT2D eigenvalue weighted by Crippen LogP contribution is 2.17. The van der Waals surface area contributed by atoms with Crippen LogP contribution in [0.15, 0.2) is 10.7 Å². The normalized spacial score (nSPS) is 10.5. The summed E-state index contributed by atoms with van der Waals surface area (Å²) in [5.74, 6) is -0.417. The first-order chi connectivity index (χ1) is 6.06. The summed E-state index contributed by atoms with van der Waals surface area (Å²) in [6.45, 7) is 3.97. The number of halogens is 1. The molecule has 0 N–H and O–H groups in total. The Bertz CT molecular complexity index is 320. The van der Waals surface area contributed by atoms with Crippen LogP contribution in [0.1, 0.15) is 30.4 Å². The van der Waals surface area contributed by atoms with Crippen LogP contribution in [0.5, 0.6) is 0 Å². The molecule has 0 fully saturated rings. The van der Waals surface area contributed by atoms with E-state index < -0.39 is 5.97 Å². The third kappa shape index (κ3) is 2.09. The van der Waals surface area contributed by atoms with Crippen molar-refractivity contribution in [2.45, 2.75) is 19.9 Å². The van der Waals surface area contributed by atoms with Gasteiger partial charge in [0.1, 0.15) is 4.60 Å². The molecule has 0 atom stereocenters. The molecular formula is C8H11BrN2O2. The summed E-state index contributed by atoms with van der Waals surface area (Å²) in [6, 6.07) is 1.86. The Morgan fingerprint density at radius 2 is 2.31 bits per heavy atom. The first-order valence-electron chi connectivity index (χ1n) is 3.89. The molecule has 1 aromatic rings. The van der Waals surface area contributed by atoms with Crippen LogP contribution < -0.4 is 0 Å². The average Bonchev–Trinajstić information content (AvgIpc) is 2.46. The lowest BCUT2D eigenvalue weighted by Gasteiger charge is -2.05. The van der Waals surface area contributed by atoms with Crippen LogP contribution in [0.4, 0.5) is 0 Å². The second-order valence-corrected chi connectivity index (χ2v) is 3.69. The van der Waals surface area contributed by atoms with E-state index >= 15 is 0 Å². The maximum Gasteiger partial charge on any atom is 0.358 e. The zero-order valence-electron chi connectivity index (χ0n) is 7.74. The molecular weight excluding hydrogens is 236 g/mol. The molecule has 0 bridgehead atoms. The number of carbonyl (C=O) groups excluding carboxylic acids is 1. The molecule has 1 rings (SSSR count). The van der Waals surface area contributed by atoms with Gasteiger partial charge in [0.05, 0.1) is 7.11 Å². The number of nitrogens with zero attached hydrogens (tertiary/aromatic N) is 2. The summed E-state index contributed by atoms with van der Waals surface area (Å²) < 4.78 is 7.04. The fourth-order valence-corrected chi connectivity index (χ4v) is 1.64. The summed E-state index contributed by atoms with van der Waals surface area (Å²) >= 11 is 3.31. The van der Waals surface area contributed by atoms with Gasteiger partial charge >= 0.3 is 5.97 Å². The van der Waals surface area contributed by atoms with Crippen LogP contribution in [-0.2, 0) is 4.74 Å². The van der Waals surface area contributed by atoms with Crippen molar-refractivity contribution in [1.29, 1.82) is 0 Å². The Kier molecular flexibility index (Phi) is 3.08. The molecule has 0 unspecified atom stereocenters.